The lowest BCUT2D eigenvalue weighted by Crippen LogP contribution is -2.17. The maximum absolute atomic E-state index is 12.5. The van der Waals surface area contributed by atoms with Crippen LogP contribution in [-0.4, -0.2) is 31.6 Å². The number of amides is 2. The standard InChI is InChI=1S/C18H22N2O4S/c1-4-23-8-9-24-14-7-5-6-13(10-14)17(22)20-18-15(16(19)21)11(2)12(3)25-18/h5-7,10H,4,8-9H2,1-3H3,(H2,19,21)(H,20,22). The molecule has 2 aromatic rings. The highest BCUT2D eigenvalue weighted by Crippen LogP contribution is 2.32. The molecule has 0 aliphatic rings. The number of anilines is 1. The molecule has 0 saturated heterocycles. The fourth-order valence-electron chi connectivity index (χ4n) is 2.28. The van der Waals surface area contributed by atoms with Gasteiger partial charge in [0.05, 0.1) is 12.2 Å². The van der Waals surface area contributed by atoms with Crippen molar-refractivity contribution in [1.82, 2.24) is 0 Å². The summed E-state index contributed by atoms with van der Waals surface area (Å²) in [4.78, 5) is 25.1. The number of thiophene rings is 1. The fraction of sp³-hybridized carbons (Fsp3) is 0.333. The summed E-state index contributed by atoms with van der Waals surface area (Å²) >= 11 is 1.34. The van der Waals surface area contributed by atoms with Gasteiger partial charge in [0, 0.05) is 17.0 Å². The number of benzene rings is 1. The van der Waals surface area contributed by atoms with Crippen LogP contribution in [0.15, 0.2) is 24.3 Å². The first-order valence-electron chi connectivity index (χ1n) is 7.95. The summed E-state index contributed by atoms with van der Waals surface area (Å²) in [5.41, 5.74) is 7.02. The molecule has 0 aliphatic carbocycles. The molecule has 25 heavy (non-hydrogen) atoms. The van der Waals surface area contributed by atoms with E-state index in [0.717, 1.165) is 10.4 Å². The third kappa shape index (κ3) is 4.80. The highest BCUT2D eigenvalue weighted by Gasteiger charge is 2.19. The van der Waals surface area contributed by atoms with Crippen LogP contribution in [0, 0.1) is 13.8 Å². The Morgan fingerprint density at radius 1 is 1.24 bits per heavy atom. The van der Waals surface area contributed by atoms with Crippen LogP contribution in [0.5, 0.6) is 5.75 Å². The average Bonchev–Trinajstić information content (AvgIpc) is 2.86. The average molecular weight is 362 g/mol. The maximum Gasteiger partial charge on any atom is 0.256 e. The first-order valence-corrected chi connectivity index (χ1v) is 8.77. The van der Waals surface area contributed by atoms with Crippen molar-refractivity contribution in [1.29, 1.82) is 0 Å². The van der Waals surface area contributed by atoms with Gasteiger partial charge in [-0.1, -0.05) is 6.07 Å². The van der Waals surface area contributed by atoms with Crippen molar-refractivity contribution >= 4 is 28.2 Å². The Labute approximate surface area is 150 Å². The predicted molar refractivity (Wildman–Crippen MR) is 98.7 cm³/mol. The lowest BCUT2D eigenvalue weighted by molar-refractivity contribution is 0.100. The number of hydrogen-bond acceptors (Lipinski definition) is 5. The summed E-state index contributed by atoms with van der Waals surface area (Å²) in [6.07, 6.45) is 0. The Bertz CT molecular complexity index is 770. The number of ether oxygens (including phenoxy) is 2. The van der Waals surface area contributed by atoms with Gasteiger partial charge in [-0.15, -0.1) is 11.3 Å². The summed E-state index contributed by atoms with van der Waals surface area (Å²) in [6.45, 7) is 7.15. The summed E-state index contributed by atoms with van der Waals surface area (Å²) < 4.78 is 10.8. The van der Waals surface area contributed by atoms with E-state index in [1.54, 1.807) is 24.3 Å². The van der Waals surface area contributed by atoms with Crippen LogP contribution in [-0.2, 0) is 4.74 Å². The van der Waals surface area contributed by atoms with Gasteiger partial charge in [0.25, 0.3) is 11.8 Å². The molecule has 0 atom stereocenters. The second kappa shape index (κ2) is 8.64. The van der Waals surface area contributed by atoms with Crippen LogP contribution in [0.4, 0.5) is 5.00 Å². The zero-order chi connectivity index (χ0) is 18.4. The lowest BCUT2D eigenvalue weighted by Gasteiger charge is -2.09. The molecule has 6 nitrogen and oxygen atoms in total. The van der Waals surface area contributed by atoms with Crippen molar-refractivity contribution in [2.75, 3.05) is 25.1 Å². The lowest BCUT2D eigenvalue weighted by atomic mass is 10.1. The molecule has 0 saturated carbocycles. The number of nitrogens with two attached hydrogens (primary N) is 1. The molecule has 1 aromatic heterocycles. The van der Waals surface area contributed by atoms with Crippen molar-refractivity contribution in [3.8, 4) is 5.75 Å². The summed E-state index contributed by atoms with van der Waals surface area (Å²) in [5.74, 6) is -0.287. The highest BCUT2D eigenvalue weighted by molar-refractivity contribution is 7.16. The van der Waals surface area contributed by atoms with E-state index in [1.807, 2.05) is 20.8 Å². The van der Waals surface area contributed by atoms with E-state index < -0.39 is 5.91 Å². The molecule has 0 bridgehead atoms. The Balaban J connectivity index is 2.11. The van der Waals surface area contributed by atoms with Crippen molar-refractivity contribution in [2.24, 2.45) is 5.73 Å². The molecule has 0 radical (unpaired) electrons. The number of aryl methyl sites for hydroxylation is 1. The minimum Gasteiger partial charge on any atom is -0.491 e. The number of nitrogens with one attached hydrogen (secondary N) is 1. The van der Waals surface area contributed by atoms with E-state index in [0.29, 0.717) is 41.7 Å². The van der Waals surface area contributed by atoms with Crippen molar-refractivity contribution in [2.45, 2.75) is 20.8 Å². The molecule has 1 heterocycles. The van der Waals surface area contributed by atoms with E-state index in [-0.39, 0.29) is 5.91 Å². The van der Waals surface area contributed by atoms with Crippen molar-refractivity contribution < 1.29 is 19.1 Å². The quantitative estimate of drug-likeness (QED) is 0.706. The van der Waals surface area contributed by atoms with Gasteiger partial charge in [0.2, 0.25) is 0 Å². The molecule has 1 aromatic carbocycles. The molecule has 0 spiro atoms. The predicted octanol–water partition coefficient (Wildman–Crippen LogP) is 3.13. The molecular formula is C18H22N2O4S. The fourth-order valence-corrected chi connectivity index (χ4v) is 3.34. The van der Waals surface area contributed by atoms with Crippen LogP contribution >= 0.6 is 11.3 Å². The van der Waals surface area contributed by atoms with Gasteiger partial charge < -0.3 is 20.5 Å². The third-order valence-electron chi connectivity index (χ3n) is 3.66. The Morgan fingerprint density at radius 2 is 2.00 bits per heavy atom. The van der Waals surface area contributed by atoms with E-state index >= 15 is 0 Å². The Kier molecular flexibility index (Phi) is 6.55. The van der Waals surface area contributed by atoms with E-state index in [2.05, 4.69) is 5.32 Å². The Morgan fingerprint density at radius 3 is 2.68 bits per heavy atom. The van der Waals surface area contributed by atoms with Crippen molar-refractivity contribution in [3.63, 3.8) is 0 Å². The molecule has 2 amide bonds. The molecule has 134 valence electrons. The normalized spacial score (nSPS) is 10.5. The smallest absolute Gasteiger partial charge is 0.256 e. The van der Waals surface area contributed by atoms with Crippen LogP contribution in [0.25, 0.3) is 0 Å². The second-order valence-corrected chi connectivity index (χ2v) is 6.60. The molecule has 7 heteroatoms. The van der Waals surface area contributed by atoms with Gasteiger partial charge in [0.1, 0.15) is 17.4 Å². The van der Waals surface area contributed by atoms with Gasteiger partial charge in [0.15, 0.2) is 0 Å². The van der Waals surface area contributed by atoms with Gasteiger partial charge in [-0.2, -0.15) is 0 Å². The van der Waals surface area contributed by atoms with E-state index in [4.69, 9.17) is 15.2 Å². The minimum atomic E-state index is -0.551. The molecule has 2 rings (SSSR count). The summed E-state index contributed by atoms with van der Waals surface area (Å²) in [7, 11) is 0. The molecular weight excluding hydrogens is 340 g/mol. The third-order valence-corrected chi connectivity index (χ3v) is 4.78. The van der Waals surface area contributed by atoms with Crippen LogP contribution in [0.3, 0.4) is 0 Å². The van der Waals surface area contributed by atoms with Crippen LogP contribution in [0.1, 0.15) is 38.1 Å². The van der Waals surface area contributed by atoms with Crippen LogP contribution in [0.2, 0.25) is 0 Å². The zero-order valence-corrected chi connectivity index (χ0v) is 15.4. The second-order valence-electron chi connectivity index (χ2n) is 5.38. The first-order chi connectivity index (χ1) is 11.9. The molecule has 3 N–H and O–H groups in total. The first kappa shape index (κ1) is 19.0. The van der Waals surface area contributed by atoms with Gasteiger partial charge in [-0.25, -0.2) is 0 Å². The number of rotatable bonds is 8. The summed E-state index contributed by atoms with van der Waals surface area (Å²) in [5, 5.41) is 3.24. The monoisotopic (exact) mass is 362 g/mol. The molecule has 0 aliphatic heterocycles. The van der Waals surface area contributed by atoms with E-state index in [9.17, 15) is 9.59 Å². The molecule has 0 unspecified atom stereocenters. The summed E-state index contributed by atoms with van der Waals surface area (Å²) in [6, 6.07) is 6.85. The number of primary amides is 1. The minimum absolute atomic E-state index is 0.320. The van der Waals surface area contributed by atoms with Crippen molar-refractivity contribution in [3.05, 3.63) is 45.8 Å². The van der Waals surface area contributed by atoms with Gasteiger partial charge >= 0.3 is 0 Å². The highest BCUT2D eigenvalue weighted by atomic mass is 32.1. The topological polar surface area (TPSA) is 90.7 Å². The number of carbonyl (C=O) groups excluding carboxylic acids is 2. The van der Waals surface area contributed by atoms with Crippen LogP contribution < -0.4 is 15.8 Å². The SMILES string of the molecule is CCOCCOc1cccc(C(=O)Nc2sc(C)c(C)c2C(N)=O)c1. The largest absolute Gasteiger partial charge is 0.491 e. The Hall–Kier alpha value is -2.38. The number of carbonyl (C=O) groups is 2. The molecule has 0 fully saturated rings. The zero-order valence-electron chi connectivity index (χ0n) is 14.5. The van der Waals surface area contributed by atoms with E-state index in [1.165, 1.54) is 11.3 Å². The number of hydrogen-bond donors (Lipinski definition) is 2. The van der Waals surface area contributed by atoms with Gasteiger partial charge in [-0.05, 0) is 44.5 Å². The van der Waals surface area contributed by atoms with Gasteiger partial charge in [-0.3, -0.25) is 9.59 Å². The maximum atomic E-state index is 12.5.